The summed E-state index contributed by atoms with van der Waals surface area (Å²) in [7, 11) is 0. The van der Waals surface area contributed by atoms with Gasteiger partial charge in [-0.2, -0.15) is 0 Å². The van der Waals surface area contributed by atoms with Crippen LogP contribution < -0.4 is 0 Å². The van der Waals surface area contributed by atoms with Gasteiger partial charge in [0.05, 0.1) is 5.92 Å². The van der Waals surface area contributed by atoms with Crippen molar-refractivity contribution in [1.29, 1.82) is 0 Å². The lowest BCUT2D eigenvalue weighted by molar-refractivity contribution is -0.152. The lowest BCUT2D eigenvalue weighted by Crippen LogP contribution is -2.43. The summed E-state index contributed by atoms with van der Waals surface area (Å²) in [6.07, 6.45) is 0.255. The zero-order valence-corrected chi connectivity index (χ0v) is 10.8. The number of rotatable bonds is 4. The Morgan fingerprint density at radius 1 is 0.722 bits per heavy atom. The van der Waals surface area contributed by atoms with Crippen LogP contribution in [0.4, 0.5) is 0 Å². The Bertz CT molecular complexity index is 324. The number of carboxylic acid groups (broad SMARTS) is 1. The molecule has 0 aliphatic heterocycles. The molecule has 100 valence electrons. The molecule has 1 N–H and O–H groups in total. The molecule has 0 radical (unpaired) electrons. The van der Waals surface area contributed by atoms with Crippen LogP contribution in [0.5, 0.6) is 0 Å². The van der Waals surface area contributed by atoms with E-state index in [-0.39, 0.29) is 30.2 Å². The van der Waals surface area contributed by atoms with Gasteiger partial charge in [0.2, 0.25) is 0 Å². The monoisotopic (exact) mass is 254 g/mol. The Morgan fingerprint density at radius 2 is 1.00 bits per heavy atom. The van der Waals surface area contributed by atoms with Crippen LogP contribution in [0.2, 0.25) is 0 Å². The first-order valence-corrected chi connectivity index (χ1v) is 5.99. The molecule has 4 unspecified atom stereocenters. The van der Waals surface area contributed by atoms with Crippen molar-refractivity contribution >= 4 is 23.3 Å². The molecule has 0 amide bonds. The van der Waals surface area contributed by atoms with E-state index in [9.17, 15) is 19.2 Å². The summed E-state index contributed by atoms with van der Waals surface area (Å²) in [6, 6.07) is 0. The summed E-state index contributed by atoms with van der Waals surface area (Å²) in [5, 5.41) is 9.13. The minimum absolute atomic E-state index is 0.0825. The number of ketones is 3. The molecule has 18 heavy (non-hydrogen) atoms. The Kier molecular flexibility index (Phi) is 4.38. The molecule has 1 saturated carbocycles. The number of Topliss-reactive ketones (excluding diaryl/α,β-unsaturated/α-hetero) is 3. The average Bonchev–Trinajstić information content (AvgIpc) is 2.26. The minimum atomic E-state index is -1.07. The van der Waals surface area contributed by atoms with Gasteiger partial charge in [-0.05, 0) is 33.6 Å². The van der Waals surface area contributed by atoms with Crippen molar-refractivity contribution in [2.75, 3.05) is 0 Å². The van der Waals surface area contributed by atoms with Gasteiger partial charge in [0, 0.05) is 17.8 Å². The van der Waals surface area contributed by atoms with Gasteiger partial charge < -0.3 is 5.11 Å². The topological polar surface area (TPSA) is 88.5 Å². The number of carbonyl (C=O) groups is 4. The maximum Gasteiger partial charge on any atom is 0.307 e. The van der Waals surface area contributed by atoms with E-state index >= 15 is 0 Å². The van der Waals surface area contributed by atoms with E-state index in [2.05, 4.69) is 0 Å². The highest BCUT2D eigenvalue weighted by molar-refractivity contribution is 5.91. The molecule has 4 atom stereocenters. The van der Waals surface area contributed by atoms with Crippen LogP contribution in [0.3, 0.4) is 0 Å². The van der Waals surface area contributed by atoms with Crippen LogP contribution in [0, 0.1) is 23.7 Å². The van der Waals surface area contributed by atoms with Crippen molar-refractivity contribution in [3.8, 4) is 0 Å². The summed E-state index contributed by atoms with van der Waals surface area (Å²) >= 11 is 0. The first-order valence-electron chi connectivity index (χ1n) is 5.99. The van der Waals surface area contributed by atoms with Gasteiger partial charge in [0.15, 0.2) is 0 Å². The Hall–Kier alpha value is -1.52. The quantitative estimate of drug-likeness (QED) is 0.811. The molecule has 0 aromatic carbocycles. The highest BCUT2D eigenvalue weighted by atomic mass is 16.4. The molecular formula is C13H18O5. The van der Waals surface area contributed by atoms with E-state index < -0.39 is 29.6 Å². The van der Waals surface area contributed by atoms with E-state index in [1.165, 1.54) is 20.8 Å². The fourth-order valence-electron chi connectivity index (χ4n) is 2.82. The largest absolute Gasteiger partial charge is 0.481 e. The zero-order valence-electron chi connectivity index (χ0n) is 10.8. The van der Waals surface area contributed by atoms with Gasteiger partial charge in [-0.1, -0.05) is 0 Å². The molecule has 1 fully saturated rings. The first-order chi connectivity index (χ1) is 8.25. The average molecular weight is 254 g/mol. The molecule has 5 heteroatoms. The number of carboxylic acids is 1. The second-order valence-electron chi connectivity index (χ2n) is 5.07. The van der Waals surface area contributed by atoms with E-state index in [0.717, 1.165) is 0 Å². The lowest BCUT2D eigenvalue weighted by Gasteiger charge is -2.36. The lowest BCUT2D eigenvalue weighted by atomic mass is 9.65. The van der Waals surface area contributed by atoms with Crippen LogP contribution in [0.1, 0.15) is 33.6 Å². The van der Waals surface area contributed by atoms with E-state index in [4.69, 9.17) is 5.11 Å². The van der Waals surface area contributed by atoms with Crippen LogP contribution in [-0.2, 0) is 19.2 Å². The van der Waals surface area contributed by atoms with Crippen molar-refractivity contribution < 1.29 is 24.3 Å². The van der Waals surface area contributed by atoms with Gasteiger partial charge in [-0.3, -0.25) is 19.2 Å². The molecule has 0 aromatic rings. The Balaban J connectivity index is 3.06. The van der Waals surface area contributed by atoms with Gasteiger partial charge in [-0.15, -0.1) is 0 Å². The van der Waals surface area contributed by atoms with Crippen molar-refractivity contribution in [2.45, 2.75) is 33.6 Å². The maximum absolute atomic E-state index is 11.5. The fourth-order valence-corrected chi connectivity index (χ4v) is 2.82. The minimum Gasteiger partial charge on any atom is -0.481 e. The van der Waals surface area contributed by atoms with Gasteiger partial charge >= 0.3 is 5.97 Å². The summed E-state index contributed by atoms with van der Waals surface area (Å²) in [6.45, 7) is 4.10. The molecule has 1 aliphatic rings. The second kappa shape index (κ2) is 5.42. The highest BCUT2D eigenvalue weighted by Gasteiger charge is 2.45. The first kappa shape index (κ1) is 14.5. The number of carbonyl (C=O) groups excluding carboxylic acids is 3. The van der Waals surface area contributed by atoms with Crippen LogP contribution in [0.25, 0.3) is 0 Å². The van der Waals surface area contributed by atoms with Crippen LogP contribution in [0.15, 0.2) is 0 Å². The van der Waals surface area contributed by atoms with Crippen molar-refractivity contribution in [3.63, 3.8) is 0 Å². The molecule has 0 heterocycles. The molecule has 0 spiro atoms. The third-order valence-electron chi connectivity index (χ3n) is 3.87. The highest BCUT2D eigenvalue weighted by Crippen LogP contribution is 2.39. The van der Waals surface area contributed by atoms with Gasteiger partial charge in [0.1, 0.15) is 17.3 Å². The normalized spacial score (nSPS) is 31.7. The molecule has 1 aliphatic carbocycles. The predicted molar refractivity (Wildman–Crippen MR) is 62.9 cm³/mol. The maximum atomic E-state index is 11.5. The molecule has 0 saturated heterocycles. The number of hydrogen-bond acceptors (Lipinski definition) is 4. The molecular weight excluding hydrogens is 236 g/mol. The van der Waals surface area contributed by atoms with E-state index in [0.29, 0.717) is 0 Å². The molecule has 0 bridgehead atoms. The molecule has 5 nitrogen and oxygen atoms in total. The Labute approximate surface area is 106 Å². The van der Waals surface area contributed by atoms with Crippen LogP contribution >= 0.6 is 0 Å². The van der Waals surface area contributed by atoms with Crippen molar-refractivity contribution in [1.82, 2.24) is 0 Å². The number of aliphatic carboxylic acids is 1. The van der Waals surface area contributed by atoms with Crippen LogP contribution in [-0.4, -0.2) is 28.4 Å². The summed E-state index contributed by atoms with van der Waals surface area (Å²) < 4.78 is 0. The van der Waals surface area contributed by atoms with Crippen molar-refractivity contribution in [2.24, 2.45) is 23.7 Å². The third kappa shape index (κ3) is 2.83. The fraction of sp³-hybridized carbons (Fsp3) is 0.692. The van der Waals surface area contributed by atoms with Gasteiger partial charge in [0.25, 0.3) is 0 Å². The third-order valence-corrected chi connectivity index (χ3v) is 3.87. The predicted octanol–water partition coefficient (Wildman–Crippen LogP) is 1.10. The second-order valence-corrected chi connectivity index (χ2v) is 5.07. The van der Waals surface area contributed by atoms with E-state index in [1.54, 1.807) is 0 Å². The standard InChI is InChI=1S/C13H18O5/c1-6(14)9-4-11(8(3)16)12(13(17)18)5-10(9)7(2)15/h9-12H,4-5H2,1-3H3,(H,17,18). The summed E-state index contributed by atoms with van der Waals surface area (Å²) in [5.74, 6) is -4.22. The smallest absolute Gasteiger partial charge is 0.307 e. The molecule has 1 rings (SSSR count). The van der Waals surface area contributed by atoms with Crippen molar-refractivity contribution in [3.05, 3.63) is 0 Å². The Morgan fingerprint density at radius 3 is 1.28 bits per heavy atom. The van der Waals surface area contributed by atoms with Gasteiger partial charge in [-0.25, -0.2) is 0 Å². The summed E-state index contributed by atoms with van der Waals surface area (Å²) in [5.41, 5.74) is 0. The zero-order chi connectivity index (χ0) is 14.0. The number of hydrogen-bond donors (Lipinski definition) is 1. The van der Waals surface area contributed by atoms with E-state index in [1.807, 2.05) is 0 Å². The molecule has 0 aromatic heterocycles. The summed E-state index contributed by atoms with van der Waals surface area (Å²) in [4.78, 5) is 45.7. The SMILES string of the molecule is CC(=O)C1CC(C(C)=O)C(C(=O)O)CC1C(C)=O.